The van der Waals surface area contributed by atoms with E-state index in [2.05, 4.69) is 11.2 Å². The number of benzene rings is 1. The average Bonchev–Trinajstić information content (AvgIpc) is 2.25. The Morgan fingerprint density at radius 3 is 2.60 bits per heavy atom. The molecular weight excluding hydrogens is 192 g/mol. The molecule has 0 aromatic heterocycles. The van der Waals surface area contributed by atoms with E-state index in [1.54, 1.807) is 12.1 Å². The van der Waals surface area contributed by atoms with Gasteiger partial charge in [-0.3, -0.25) is 10.1 Å². The highest BCUT2D eigenvalue weighted by atomic mass is 16.6. The highest BCUT2D eigenvalue weighted by molar-refractivity contribution is 5.32. The van der Waals surface area contributed by atoms with Crippen molar-refractivity contribution in [1.29, 1.82) is 0 Å². The van der Waals surface area contributed by atoms with Crippen LogP contribution in [0.3, 0.4) is 0 Å². The average molecular weight is 204 g/mol. The van der Waals surface area contributed by atoms with Gasteiger partial charge in [-0.05, 0) is 5.56 Å². The molecule has 0 atom stereocenters. The lowest BCUT2D eigenvalue weighted by Crippen LogP contribution is -2.13. The SMILES string of the molecule is C#CCCNCc1ccc([N+](=O)[O-])cc1. The minimum Gasteiger partial charge on any atom is -0.312 e. The summed E-state index contributed by atoms with van der Waals surface area (Å²) in [4.78, 5) is 9.97. The van der Waals surface area contributed by atoms with Gasteiger partial charge in [-0.1, -0.05) is 12.1 Å². The van der Waals surface area contributed by atoms with Crippen LogP contribution in [0.1, 0.15) is 12.0 Å². The molecule has 0 heterocycles. The fraction of sp³-hybridized carbons (Fsp3) is 0.273. The van der Waals surface area contributed by atoms with Crippen LogP contribution in [0.25, 0.3) is 0 Å². The third-order valence-electron chi connectivity index (χ3n) is 1.92. The standard InChI is InChI=1S/C11H12N2O2/c1-2-3-8-12-9-10-4-6-11(7-5-10)13(14)15/h1,4-7,12H,3,8-9H2. The van der Waals surface area contributed by atoms with Crippen molar-refractivity contribution in [3.63, 3.8) is 0 Å². The van der Waals surface area contributed by atoms with Crippen LogP contribution in [-0.4, -0.2) is 11.5 Å². The molecule has 4 nitrogen and oxygen atoms in total. The molecule has 0 saturated heterocycles. The van der Waals surface area contributed by atoms with Gasteiger partial charge in [0.05, 0.1) is 4.92 Å². The molecule has 15 heavy (non-hydrogen) atoms. The van der Waals surface area contributed by atoms with Gasteiger partial charge in [-0.15, -0.1) is 12.3 Å². The van der Waals surface area contributed by atoms with Gasteiger partial charge in [0.1, 0.15) is 0 Å². The van der Waals surface area contributed by atoms with Crippen LogP contribution in [0, 0.1) is 22.5 Å². The number of nitrogens with one attached hydrogen (secondary N) is 1. The summed E-state index contributed by atoms with van der Waals surface area (Å²) in [7, 11) is 0. The van der Waals surface area contributed by atoms with Crippen molar-refractivity contribution in [1.82, 2.24) is 5.32 Å². The molecule has 0 spiro atoms. The fourth-order valence-electron chi connectivity index (χ4n) is 1.13. The third-order valence-corrected chi connectivity index (χ3v) is 1.92. The lowest BCUT2D eigenvalue weighted by Gasteiger charge is -2.01. The highest BCUT2D eigenvalue weighted by Gasteiger charge is 2.02. The van der Waals surface area contributed by atoms with Gasteiger partial charge in [-0.2, -0.15) is 0 Å². The maximum Gasteiger partial charge on any atom is 0.269 e. The Hall–Kier alpha value is -1.86. The van der Waals surface area contributed by atoms with Crippen LogP contribution < -0.4 is 5.32 Å². The number of nitrogens with zero attached hydrogens (tertiary/aromatic N) is 1. The molecule has 1 rings (SSSR count). The first kappa shape index (κ1) is 11.2. The molecule has 0 aliphatic heterocycles. The maximum absolute atomic E-state index is 10.4. The van der Waals surface area contributed by atoms with Crippen LogP contribution in [-0.2, 0) is 6.54 Å². The Morgan fingerprint density at radius 2 is 2.07 bits per heavy atom. The van der Waals surface area contributed by atoms with Gasteiger partial charge in [0.2, 0.25) is 0 Å². The second kappa shape index (κ2) is 5.78. The number of hydrogen-bond acceptors (Lipinski definition) is 3. The second-order valence-corrected chi connectivity index (χ2v) is 3.05. The van der Waals surface area contributed by atoms with Crippen molar-refractivity contribution in [2.24, 2.45) is 0 Å². The lowest BCUT2D eigenvalue weighted by molar-refractivity contribution is -0.384. The van der Waals surface area contributed by atoms with Crippen LogP contribution in [0.5, 0.6) is 0 Å². The molecule has 0 bridgehead atoms. The summed E-state index contributed by atoms with van der Waals surface area (Å²) in [6.07, 6.45) is 5.78. The van der Waals surface area contributed by atoms with Crippen molar-refractivity contribution < 1.29 is 4.92 Å². The summed E-state index contributed by atoms with van der Waals surface area (Å²) in [5.41, 5.74) is 1.12. The molecule has 1 N–H and O–H groups in total. The van der Waals surface area contributed by atoms with Crippen molar-refractivity contribution in [3.05, 3.63) is 39.9 Å². The van der Waals surface area contributed by atoms with Crippen molar-refractivity contribution in [2.45, 2.75) is 13.0 Å². The predicted molar refractivity (Wildman–Crippen MR) is 58.3 cm³/mol. The van der Waals surface area contributed by atoms with Crippen molar-refractivity contribution in [2.75, 3.05) is 6.54 Å². The Kier molecular flexibility index (Phi) is 4.32. The zero-order valence-electron chi connectivity index (χ0n) is 8.27. The first-order valence-corrected chi connectivity index (χ1v) is 4.61. The van der Waals surface area contributed by atoms with Gasteiger partial charge in [0.25, 0.3) is 5.69 Å². The monoisotopic (exact) mass is 204 g/mol. The molecule has 0 aliphatic rings. The summed E-state index contributed by atoms with van der Waals surface area (Å²) in [6, 6.07) is 6.47. The van der Waals surface area contributed by atoms with Crippen molar-refractivity contribution >= 4 is 5.69 Å². The number of hydrogen-bond donors (Lipinski definition) is 1. The van der Waals surface area contributed by atoms with E-state index < -0.39 is 4.92 Å². The molecule has 1 aromatic rings. The largest absolute Gasteiger partial charge is 0.312 e. The predicted octanol–water partition coefficient (Wildman–Crippen LogP) is 1.71. The molecule has 0 amide bonds. The second-order valence-electron chi connectivity index (χ2n) is 3.05. The van der Waals surface area contributed by atoms with Gasteiger partial charge in [-0.25, -0.2) is 0 Å². The van der Waals surface area contributed by atoms with Gasteiger partial charge in [0, 0.05) is 31.6 Å². The highest BCUT2D eigenvalue weighted by Crippen LogP contribution is 2.11. The Morgan fingerprint density at radius 1 is 1.40 bits per heavy atom. The van der Waals surface area contributed by atoms with Crippen LogP contribution in [0.2, 0.25) is 0 Å². The quantitative estimate of drug-likeness (QED) is 0.344. The summed E-state index contributed by atoms with van der Waals surface area (Å²) in [6.45, 7) is 1.44. The number of terminal acetylenes is 1. The normalized spacial score (nSPS) is 9.53. The fourth-order valence-corrected chi connectivity index (χ4v) is 1.13. The van der Waals surface area contributed by atoms with E-state index >= 15 is 0 Å². The summed E-state index contributed by atoms with van der Waals surface area (Å²) < 4.78 is 0. The minimum absolute atomic E-state index is 0.113. The molecule has 4 heteroatoms. The molecular formula is C11H12N2O2. The third kappa shape index (κ3) is 3.79. The van der Waals surface area contributed by atoms with Crippen LogP contribution in [0.15, 0.2) is 24.3 Å². The van der Waals surface area contributed by atoms with E-state index in [1.165, 1.54) is 12.1 Å². The number of rotatable bonds is 5. The maximum atomic E-state index is 10.4. The van der Waals surface area contributed by atoms with E-state index in [-0.39, 0.29) is 5.69 Å². The number of nitro groups is 1. The molecule has 78 valence electrons. The summed E-state index contributed by atoms with van der Waals surface area (Å²) in [5.74, 6) is 2.53. The lowest BCUT2D eigenvalue weighted by atomic mass is 10.2. The zero-order chi connectivity index (χ0) is 11.1. The topological polar surface area (TPSA) is 55.2 Å². The van der Waals surface area contributed by atoms with Crippen molar-refractivity contribution in [3.8, 4) is 12.3 Å². The Bertz CT molecular complexity index is 365. The molecule has 0 fully saturated rings. The molecule has 0 aliphatic carbocycles. The molecule has 1 aromatic carbocycles. The molecule has 0 unspecified atom stereocenters. The van der Waals surface area contributed by atoms with Crippen LogP contribution >= 0.6 is 0 Å². The number of nitro benzene ring substituents is 1. The summed E-state index contributed by atoms with van der Waals surface area (Å²) in [5, 5.41) is 13.5. The van der Waals surface area contributed by atoms with Crippen LogP contribution in [0.4, 0.5) is 5.69 Å². The van der Waals surface area contributed by atoms with E-state index in [0.717, 1.165) is 12.1 Å². The van der Waals surface area contributed by atoms with E-state index in [9.17, 15) is 10.1 Å². The zero-order valence-corrected chi connectivity index (χ0v) is 8.27. The first-order chi connectivity index (χ1) is 7.24. The van der Waals surface area contributed by atoms with Gasteiger partial charge < -0.3 is 5.32 Å². The molecule has 0 saturated carbocycles. The van der Waals surface area contributed by atoms with E-state index in [0.29, 0.717) is 13.0 Å². The minimum atomic E-state index is -0.407. The Labute approximate surface area is 88.5 Å². The van der Waals surface area contributed by atoms with Gasteiger partial charge >= 0.3 is 0 Å². The van der Waals surface area contributed by atoms with E-state index in [1.807, 2.05) is 0 Å². The van der Waals surface area contributed by atoms with Gasteiger partial charge in [0.15, 0.2) is 0 Å². The first-order valence-electron chi connectivity index (χ1n) is 4.61. The van der Waals surface area contributed by atoms with E-state index in [4.69, 9.17) is 6.42 Å². The number of non-ortho nitro benzene ring substituents is 1. The molecule has 0 radical (unpaired) electrons. The summed E-state index contributed by atoms with van der Waals surface area (Å²) >= 11 is 0. The smallest absolute Gasteiger partial charge is 0.269 e. The Balaban J connectivity index is 2.43.